The number of hydrogen-bond acceptors (Lipinski definition) is 6. The number of rotatable bonds is 12. The summed E-state index contributed by atoms with van der Waals surface area (Å²) < 4.78 is 5.29. The van der Waals surface area contributed by atoms with Gasteiger partial charge in [0.2, 0.25) is 0 Å². The molecule has 0 unspecified atom stereocenters. The Bertz CT molecular complexity index is 1480. The minimum Gasteiger partial charge on any atom is -0.508 e. The van der Waals surface area contributed by atoms with Crippen LogP contribution in [0, 0.1) is 0 Å². The number of carbonyl (C=O) groups is 2. The highest BCUT2D eigenvalue weighted by Gasteiger charge is 2.20. The Kier molecular flexibility index (Phi) is 9.47. The first-order chi connectivity index (χ1) is 19.3. The number of aromatic nitrogens is 1. The number of ether oxygens (including phenoxy) is 1. The molecule has 0 spiro atoms. The summed E-state index contributed by atoms with van der Waals surface area (Å²) in [4.78, 5) is 32.3. The number of nitrogens with one attached hydrogen (secondary N) is 1. The summed E-state index contributed by atoms with van der Waals surface area (Å²) in [5, 5.41) is 22.9. The van der Waals surface area contributed by atoms with Gasteiger partial charge in [-0.05, 0) is 78.2 Å². The second-order valence-electron chi connectivity index (χ2n) is 9.75. The van der Waals surface area contributed by atoms with Crippen molar-refractivity contribution in [2.45, 2.75) is 32.9 Å². The highest BCUT2D eigenvalue weighted by atomic mass is 16.5. The number of carbonyl (C=O) groups excluding carboxylic acids is 1. The van der Waals surface area contributed by atoms with Gasteiger partial charge in [-0.3, -0.25) is 9.69 Å². The molecule has 0 aliphatic carbocycles. The van der Waals surface area contributed by atoms with Crippen molar-refractivity contribution >= 4 is 22.8 Å². The van der Waals surface area contributed by atoms with Crippen LogP contribution in [0.3, 0.4) is 0 Å². The molecule has 208 valence electrons. The maximum Gasteiger partial charge on any atom is 0.336 e. The van der Waals surface area contributed by atoms with E-state index in [4.69, 9.17) is 4.74 Å². The van der Waals surface area contributed by atoms with E-state index >= 15 is 0 Å². The number of benzene rings is 3. The fourth-order valence-electron chi connectivity index (χ4n) is 4.78. The second kappa shape index (κ2) is 13.2. The van der Waals surface area contributed by atoms with Gasteiger partial charge in [0, 0.05) is 19.0 Å². The van der Waals surface area contributed by atoms with Gasteiger partial charge in [0.15, 0.2) is 0 Å². The molecular weight excluding hydrogens is 506 g/mol. The highest BCUT2D eigenvalue weighted by Crippen LogP contribution is 2.28. The number of methoxy groups -OCH3 is 1. The van der Waals surface area contributed by atoms with Crippen LogP contribution in [0.25, 0.3) is 22.0 Å². The second-order valence-corrected chi connectivity index (χ2v) is 9.75. The number of nitrogens with zero attached hydrogens (tertiary/aromatic N) is 2. The van der Waals surface area contributed by atoms with Gasteiger partial charge in [0.25, 0.3) is 5.91 Å². The standard InChI is InChI=1S/C32H35N3O5/c1-4-35(5-2)19-22-7-6-8-23(15-22)24-11-14-29-27(17-24)28(32(38)39)18-30(34-29)31(37)33-25(20-40-3)16-21-9-12-26(36)13-10-21/h6-15,17-18,25,36H,4-5,16,19-20H2,1-3H3,(H,33,37)(H,38,39)/t25-/m0/s1. The van der Waals surface area contributed by atoms with Crippen molar-refractivity contribution in [3.05, 3.63) is 95.2 Å². The SMILES string of the molecule is CCN(CC)Cc1cccc(-c2ccc3nc(C(=O)N[C@H](COC)Cc4ccc(O)cc4)cc(C(=O)O)c3c2)c1. The number of phenols is 1. The molecule has 1 aromatic heterocycles. The molecule has 40 heavy (non-hydrogen) atoms. The predicted molar refractivity (Wildman–Crippen MR) is 156 cm³/mol. The van der Waals surface area contributed by atoms with Crippen molar-refractivity contribution in [1.82, 2.24) is 15.2 Å². The third-order valence-corrected chi connectivity index (χ3v) is 6.95. The van der Waals surface area contributed by atoms with Crippen molar-refractivity contribution in [1.29, 1.82) is 0 Å². The molecule has 4 aromatic rings. The van der Waals surface area contributed by atoms with E-state index in [1.165, 1.54) is 11.6 Å². The first kappa shape index (κ1) is 28.7. The molecule has 0 saturated heterocycles. The topological polar surface area (TPSA) is 112 Å². The number of aromatic carboxylic acids is 1. The lowest BCUT2D eigenvalue weighted by atomic mass is 9.98. The third kappa shape index (κ3) is 7.02. The van der Waals surface area contributed by atoms with Gasteiger partial charge < -0.3 is 20.3 Å². The smallest absolute Gasteiger partial charge is 0.336 e. The van der Waals surface area contributed by atoms with E-state index in [0.717, 1.165) is 36.3 Å². The van der Waals surface area contributed by atoms with E-state index in [1.807, 2.05) is 24.3 Å². The fourth-order valence-corrected chi connectivity index (χ4v) is 4.78. The summed E-state index contributed by atoms with van der Waals surface area (Å²) in [5.41, 5.74) is 4.42. The summed E-state index contributed by atoms with van der Waals surface area (Å²) in [6.07, 6.45) is 0.468. The summed E-state index contributed by atoms with van der Waals surface area (Å²) in [5.74, 6) is -1.46. The van der Waals surface area contributed by atoms with Crippen LogP contribution in [0.2, 0.25) is 0 Å². The van der Waals surface area contributed by atoms with Crippen LogP contribution in [0.4, 0.5) is 0 Å². The highest BCUT2D eigenvalue weighted by molar-refractivity contribution is 6.06. The Morgan fingerprint density at radius 1 is 0.950 bits per heavy atom. The zero-order valence-corrected chi connectivity index (χ0v) is 23.1. The molecular formula is C32H35N3O5. The zero-order chi connectivity index (χ0) is 28.6. The molecule has 3 N–H and O–H groups in total. The average Bonchev–Trinajstić information content (AvgIpc) is 2.96. The minimum atomic E-state index is -1.13. The van der Waals surface area contributed by atoms with Gasteiger partial charge in [-0.15, -0.1) is 0 Å². The molecule has 1 atom stereocenters. The Hall–Kier alpha value is -4.27. The van der Waals surface area contributed by atoms with Crippen LogP contribution in [-0.4, -0.2) is 64.8 Å². The molecule has 1 heterocycles. The quantitative estimate of drug-likeness (QED) is 0.228. The van der Waals surface area contributed by atoms with Crippen molar-refractivity contribution in [3.8, 4) is 16.9 Å². The summed E-state index contributed by atoms with van der Waals surface area (Å²) in [6, 6.07) is 21.4. The molecule has 0 aliphatic rings. The van der Waals surface area contributed by atoms with Crippen molar-refractivity contribution in [3.63, 3.8) is 0 Å². The monoisotopic (exact) mass is 541 g/mol. The maximum absolute atomic E-state index is 13.2. The normalized spacial score (nSPS) is 12.0. The van der Waals surface area contributed by atoms with Crippen molar-refractivity contribution in [2.24, 2.45) is 0 Å². The molecule has 4 rings (SSSR count). The third-order valence-electron chi connectivity index (χ3n) is 6.95. The predicted octanol–water partition coefficient (Wildman–Crippen LogP) is 5.13. The number of phenolic OH excluding ortho intramolecular Hbond substituents is 1. The van der Waals surface area contributed by atoms with Gasteiger partial charge >= 0.3 is 5.97 Å². The van der Waals surface area contributed by atoms with Crippen LogP contribution in [0.5, 0.6) is 5.75 Å². The first-order valence-electron chi connectivity index (χ1n) is 13.4. The van der Waals surface area contributed by atoms with Gasteiger partial charge in [0.05, 0.1) is 23.7 Å². The van der Waals surface area contributed by atoms with E-state index in [0.29, 0.717) is 17.3 Å². The number of pyridine rings is 1. The first-order valence-corrected chi connectivity index (χ1v) is 13.4. The Morgan fingerprint density at radius 2 is 1.68 bits per heavy atom. The van der Waals surface area contributed by atoms with E-state index < -0.39 is 11.9 Å². The molecule has 1 amide bonds. The molecule has 8 nitrogen and oxygen atoms in total. The van der Waals surface area contributed by atoms with Crippen molar-refractivity contribution < 1.29 is 24.5 Å². The van der Waals surface area contributed by atoms with Crippen LogP contribution >= 0.6 is 0 Å². The molecule has 3 aromatic carbocycles. The number of amides is 1. The van der Waals surface area contributed by atoms with E-state index in [-0.39, 0.29) is 29.7 Å². The molecule has 8 heteroatoms. The van der Waals surface area contributed by atoms with Gasteiger partial charge in [-0.25, -0.2) is 9.78 Å². The minimum absolute atomic E-state index is 0.0121. The van der Waals surface area contributed by atoms with E-state index in [1.54, 1.807) is 37.4 Å². The zero-order valence-electron chi connectivity index (χ0n) is 23.1. The van der Waals surface area contributed by atoms with E-state index in [9.17, 15) is 19.8 Å². The molecule has 0 aliphatic heterocycles. The number of carboxylic acids is 1. The Labute approximate surface area is 234 Å². The lowest BCUT2D eigenvalue weighted by molar-refractivity contribution is 0.0699. The average molecular weight is 542 g/mol. The van der Waals surface area contributed by atoms with Crippen molar-refractivity contribution in [2.75, 3.05) is 26.8 Å². The van der Waals surface area contributed by atoms with E-state index in [2.05, 4.69) is 41.2 Å². The summed E-state index contributed by atoms with van der Waals surface area (Å²) >= 11 is 0. The number of hydrogen-bond donors (Lipinski definition) is 3. The molecule has 0 fully saturated rings. The van der Waals surface area contributed by atoms with Gasteiger partial charge in [-0.1, -0.05) is 50.2 Å². The fraction of sp³-hybridized carbons (Fsp3) is 0.281. The number of aromatic hydroxyl groups is 1. The van der Waals surface area contributed by atoms with Crippen LogP contribution in [-0.2, 0) is 17.7 Å². The lowest BCUT2D eigenvalue weighted by Crippen LogP contribution is -2.40. The van der Waals surface area contributed by atoms with Crippen LogP contribution < -0.4 is 5.32 Å². The molecule has 0 radical (unpaired) electrons. The largest absolute Gasteiger partial charge is 0.508 e. The lowest BCUT2D eigenvalue weighted by Gasteiger charge is -2.19. The number of fused-ring (bicyclic) bond motifs is 1. The van der Waals surface area contributed by atoms with Crippen LogP contribution in [0.15, 0.2) is 72.8 Å². The summed E-state index contributed by atoms with van der Waals surface area (Å²) in [7, 11) is 1.55. The van der Waals surface area contributed by atoms with Gasteiger partial charge in [0.1, 0.15) is 11.4 Å². The maximum atomic E-state index is 13.2. The molecule has 0 saturated carbocycles. The van der Waals surface area contributed by atoms with Crippen LogP contribution in [0.1, 0.15) is 45.8 Å². The Balaban J connectivity index is 1.62. The van der Waals surface area contributed by atoms with Gasteiger partial charge in [-0.2, -0.15) is 0 Å². The number of carboxylic acid groups (broad SMARTS) is 1. The molecule has 0 bridgehead atoms. The Morgan fingerprint density at radius 3 is 2.35 bits per heavy atom. The summed E-state index contributed by atoms with van der Waals surface area (Å²) in [6.45, 7) is 7.29.